The molecule has 0 saturated carbocycles. The van der Waals surface area contributed by atoms with Crippen molar-refractivity contribution in [3.63, 3.8) is 0 Å². The number of carbonyl (C=O) groups excluding carboxylic acids is 1. The number of hydrogen-bond donors (Lipinski definition) is 2. The number of benzene rings is 2. The number of nitrogens with one attached hydrogen (secondary N) is 2. The number of H-pyrrole nitrogens is 1. The number of anilines is 1. The lowest BCUT2D eigenvalue weighted by molar-refractivity contribution is -0.117. The van der Waals surface area contributed by atoms with Crippen molar-refractivity contribution in [3.8, 4) is 0 Å². The van der Waals surface area contributed by atoms with E-state index in [2.05, 4.69) is 45.6 Å². The predicted molar refractivity (Wildman–Crippen MR) is 96.6 cm³/mol. The molecule has 2 aromatic carbocycles. The molecule has 0 fully saturated rings. The van der Waals surface area contributed by atoms with Gasteiger partial charge in [0.1, 0.15) is 5.82 Å². The molecule has 25 heavy (non-hydrogen) atoms. The SMILES string of the molecule is Cc1cc(C)c2c(c1)NC(=O)[C@H]2Cc1n[nH]c(Cc2ccccc2)n1. The summed E-state index contributed by atoms with van der Waals surface area (Å²) in [6, 6.07) is 14.3. The third-order valence-corrected chi connectivity index (χ3v) is 4.63. The lowest BCUT2D eigenvalue weighted by Crippen LogP contribution is -2.15. The zero-order valence-corrected chi connectivity index (χ0v) is 14.3. The Bertz CT molecular complexity index is 930. The summed E-state index contributed by atoms with van der Waals surface area (Å²) >= 11 is 0. The first kappa shape index (κ1) is 15.6. The van der Waals surface area contributed by atoms with Gasteiger partial charge in [-0.1, -0.05) is 36.4 Å². The highest BCUT2D eigenvalue weighted by Gasteiger charge is 2.33. The predicted octanol–water partition coefficient (Wildman–Crippen LogP) is 3.29. The molecule has 0 spiro atoms. The molecule has 1 amide bonds. The topological polar surface area (TPSA) is 70.7 Å². The maximum atomic E-state index is 12.4. The van der Waals surface area contributed by atoms with E-state index in [0.29, 0.717) is 18.7 Å². The summed E-state index contributed by atoms with van der Waals surface area (Å²) < 4.78 is 0. The fourth-order valence-electron chi connectivity index (χ4n) is 3.57. The first-order chi connectivity index (χ1) is 12.1. The van der Waals surface area contributed by atoms with Crippen LogP contribution in [0.3, 0.4) is 0 Å². The maximum Gasteiger partial charge on any atom is 0.232 e. The first-order valence-corrected chi connectivity index (χ1v) is 8.46. The summed E-state index contributed by atoms with van der Waals surface area (Å²) in [7, 11) is 0. The summed E-state index contributed by atoms with van der Waals surface area (Å²) in [5, 5.41) is 10.3. The fourth-order valence-corrected chi connectivity index (χ4v) is 3.57. The van der Waals surface area contributed by atoms with Crippen LogP contribution in [0, 0.1) is 13.8 Å². The van der Waals surface area contributed by atoms with Gasteiger partial charge < -0.3 is 5.32 Å². The molecule has 2 N–H and O–H groups in total. The molecule has 4 rings (SSSR count). The largest absolute Gasteiger partial charge is 0.325 e. The van der Waals surface area contributed by atoms with Gasteiger partial charge in [0.05, 0.1) is 5.92 Å². The second-order valence-corrected chi connectivity index (χ2v) is 6.65. The van der Waals surface area contributed by atoms with Crippen LogP contribution in [0.2, 0.25) is 0 Å². The second kappa shape index (κ2) is 6.16. The Kier molecular flexibility index (Phi) is 3.84. The Balaban J connectivity index is 1.55. The molecular formula is C20H20N4O. The van der Waals surface area contributed by atoms with Crippen LogP contribution in [0.15, 0.2) is 42.5 Å². The van der Waals surface area contributed by atoms with Crippen LogP contribution in [-0.4, -0.2) is 21.1 Å². The summed E-state index contributed by atoms with van der Waals surface area (Å²) in [6.07, 6.45) is 1.22. The van der Waals surface area contributed by atoms with Crippen molar-refractivity contribution in [1.82, 2.24) is 15.2 Å². The van der Waals surface area contributed by atoms with Gasteiger partial charge in [-0.2, -0.15) is 5.10 Å². The minimum Gasteiger partial charge on any atom is -0.325 e. The highest BCUT2D eigenvalue weighted by atomic mass is 16.2. The van der Waals surface area contributed by atoms with Gasteiger partial charge in [0.25, 0.3) is 0 Å². The average Bonchev–Trinajstić information content (AvgIpc) is 3.13. The fraction of sp³-hybridized carbons (Fsp3) is 0.250. The molecule has 1 aromatic heterocycles. The van der Waals surface area contributed by atoms with Crippen molar-refractivity contribution in [2.75, 3.05) is 5.32 Å². The van der Waals surface area contributed by atoms with Crippen molar-refractivity contribution >= 4 is 11.6 Å². The molecule has 1 atom stereocenters. The number of hydrogen-bond acceptors (Lipinski definition) is 3. The Morgan fingerprint density at radius 2 is 1.92 bits per heavy atom. The van der Waals surface area contributed by atoms with Crippen LogP contribution >= 0.6 is 0 Å². The van der Waals surface area contributed by atoms with Crippen molar-refractivity contribution in [2.24, 2.45) is 0 Å². The summed E-state index contributed by atoms with van der Waals surface area (Å²) in [6.45, 7) is 4.09. The van der Waals surface area contributed by atoms with Gasteiger partial charge >= 0.3 is 0 Å². The van der Waals surface area contributed by atoms with Gasteiger partial charge in [0, 0.05) is 18.5 Å². The maximum absolute atomic E-state index is 12.4. The minimum atomic E-state index is -0.226. The lowest BCUT2D eigenvalue weighted by Gasteiger charge is -2.10. The van der Waals surface area contributed by atoms with Crippen LogP contribution in [0.1, 0.15) is 39.8 Å². The van der Waals surface area contributed by atoms with E-state index in [-0.39, 0.29) is 11.8 Å². The summed E-state index contributed by atoms with van der Waals surface area (Å²) in [5.41, 5.74) is 5.47. The van der Waals surface area contributed by atoms with E-state index in [1.165, 1.54) is 5.56 Å². The Morgan fingerprint density at radius 3 is 2.72 bits per heavy atom. The van der Waals surface area contributed by atoms with Gasteiger partial charge in [0.15, 0.2) is 5.82 Å². The third-order valence-electron chi connectivity index (χ3n) is 4.63. The molecule has 1 aliphatic heterocycles. The summed E-state index contributed by atoms with van der Waals surface area (Å²) in [5.74, 6) is 1.30. The Morgan fingerprint density at radius 1 is 1.12 bits per heavy atom. The highest BCUT2D eigenvalue weighted by molar-refractivity contribution is 6.03. The number of aryl methyl sites for hydroxylation is 2. The van der Waals surface area contributed by atoms with Gasteiger partial charge in [-0.25, -0.2) is 4.98 Å². The van der Waals surface area contributed by atoms with E-state index in [0.717, 1.165) is 28.2 Å². The molecule has 0 saturated heterocycles. The lowest BCUT2D eigenvalue weighted by atomic mass is 9.92. The number of nitrogens with zero attached hydrogens (tertiary/aromatic N) is 2. The van der Waals surface area contributed by atoms with E-state index in [1.807, 2.05) is 31.2 Å². The molecule has 3 aromatic rings. The number of carbonyl (C=O) groups is 1. The smallest absolute Gasteiger partial charge is 0.232 e. The van der Waals surface area contributed by atoms with Crippen molar-refractivity contribution in [3.05, 3.63) is 76.4 Å². The number of rotatable bonds is 4. The van der Waals surface area contributed by atoms with Gasteiger partial charge in [-0.05, 0) is 42.2 Å². The van der Waals surface area contributed by atoms with Crippen LogP contribution < -0.4 is 5.32 Å². The van der Waals surface area contributed by atoms with Crippen LogP contribution in [0.25, 0.3) is 0 Å². The Labute approximate surface area is 146 Å². The number of fused-ring (bicyclic) bond motifs is 1. The number of amides is 1. The molecule has 5 heteroatoms. The second-order valence-electron chi connectivity index (χ2n) is 6.65. The molecule has 0 radical (unpaired) electrons. The first-order valence-electron chi connectivity index (χ1n) is 8.46. The van der Waals surface area contributed by atoms with Gasteiger partial charge in [-0.3, -0.25) is 9.89 Å². The van der Waals surface area contributed by atoms with Crippen molar-refractivity contribution in [1.29, 1.82) is 0 Å². The van der Waals surface area contributed by atoms with E-state index < -0.39 is 0 Å². The molecule has 0 aliphatic carbocycles. The monoisotopic (exact) mass is 332 g/mol. The van der Waals surface area contributed by atoms with E-state index >= 15 is 0 Å². The quantitative estimate of drug-likeness (QED) is 0.770. The highest BCUT2D eigenvalue weighted by Crippen LogP contribution is 2.37. The molecule has 2 heterocycles. The van der Waals surface area contributed by atoms with Crippen molar-refractivity contribution < 1.29 is 4.79 Å². The van der Waals surface area contributed by atoms with E-state index in [9.17, 15) is 4.79 Å². The molecule has 126 valence electrons. The Hall–Kier alpha value is -2.95. The van der Waals surface area contributed by atoms with Crippen LogP contribution in [0.4, 0.5) is 5.69 Å². The van der Waals surface area contributed by atoms with Crippen LogP contribution in [-0.2, 0) is 17.6 Å². The average molecular weight is 332 g/mol. The van der Waals surface area contributed by atoms with Gasteiger partial charge in [-0.15, -0.1) is 0 Å². The molecule has 5 nitrogen and oxygen atoms in total. The normalized spacial score (nSPS) is 15.9. The standard InChI is InChI=1S/C20H20N4O/c1-12-8-13(2)19-15(20(25)21-16(19)9-12)11-18-22-17(23-24-18)10-14-6-4-3-5-7-14/h3-9,15H,10-11H2,1-2H3,(H,21,25)(H,22,23,24)/t15-/m0/s1. The molecule has 1 aliphatic rings. The zero-order valence-electron chi connectivity index (χ0n) is 14.3. The van der Waals surface area contributed by atoms with E-state index in [1.54, 1.807) is 0 Å². The van der Waals surface area contributed by atoms with Gasteiger partial charge in [0.2, 0.25) is 5.91 Å². The zero-order chi connectivity index (χ0) is 17.4. The molecule has 0 unspecified atom stereocenters. The number of aromatic nitrogens is 3. The molecular weight excluding hydrogens is 312 g/mol. The number of aromatic amines is 1. The minimum absolute atomic E-state index is 0.0260. The summed E-state index contributed by atoms with van der Waals surface area (Å²) in [4.78, 5) is 17.0. The van der Waals surface area contributed by atoms with Crippen molar-refractivity contribution in [2.45, 2.75) is 32.6 Å². The third kappa shape index (κ3) is 3.05. The van der Waals surface area contributed by atoms with Crippen LogP contribution in [0.5, 0.6) is 0 Å². The van der Waals surface area contributed by atoms with E-state index in [4.69, 9.17) is 0 Å². The molecule has 0 bridgehead atoms.